The van der Waals surface area contributed by atoms with E-state index in [1.165, 1.54) is 5.56 Å². The summed E-state index contributed by atoms with van der Waals surface area (Å²) in [5, 5.41) is 12.4. The van der Waals surface area contributed by atoms with Gasteiger partial charge in [0.05, 0.1) is 10.3 Å². The van der Waals surface area contributed by atoms with Crippen LogP contribution in [-0.4, -0.2) is 9.49 Å². The van der Waals surface area contributed by atoms with Gasteiger partial charge >= 0.3 is 0 Å². The zero-order valence-electron chi connectivity index (χ0n) is 16.3. The number of non-ortho nitro benzene ring substituents is 1. The maximum Gasteiger partial charge on any atom is 0.270 e. The van der Waals surface area contributed by atoms with E-state index in [2.05, 4.69) is 61.0 Å². The number of aryl methyl sites for hydroxylation is 1. The molecule has 4 heteroatoms. The van der Waals surface area contributed by atoms with Crippen LogP contribution in [0.3, 0.4) is 0 Å². The molecule has 0 aliphatic heterocycles. The van der Waals surface area contributed by atoms with Crippen molar-refractivity contribution in [2.24, 2.45) is 7.05 Å². The van der Waals surface area contributed by atoms with Crippen LogP contribution in [0.25, 0.3) is 16.5 Å². The summed E-state index contributed by atoms with van der Waals surface area (Å²) in [6.45, 7) is 2.23. The summed E-state index contributed by atoms with van der Waals surface area (Å²) in [6, 6.07) is 25.9. The summed E-state index contributed by atoms with van der Waals surface area (Å²) in [5.41, 5.74) is 6.49. The summed E-state index contributed by atoms with van der Waals surface area (Å²) >= 11 is 0. The predicted octanol–water partition coefficient (Wildman–Crippen LogP) is 5.84. The fraction of sp³-hybridized carbons (Fsp3) is 0.120. The van der Waals surface area contributed by atoms with E-state index < -0.39 is 0 Å². The molecule has 0 fully saturated rings. The largest absolute Gasteiger partial charge is 0.346 e. The third-order valence-corrected chi connectivity index (χ3v) is 6.05. The number of aromatic nitrogens is 1. The standard InChI is InChI=1S/C25H20N2O2/c1-25(18-11-7-4-8-12-18)16-21(17-9-5-3-6-10-17)23-20-15-19(27(28)29)13-14-22(20)26(2)24(23)25/h3-16H,1-2H3. The smallest absolute Gasteiger partial charge is 0.270 e. The third kappa shape index (κ3) is 2.46. The number of nitro benzene ring substituents is 1. The van der Waals surface area contributed by atoms with E-state index in [1.54, 1.807) is 12.1 Å². The highest BCUT2D eigenvalue weighted by atomic mass is 16.6. The molecule has 0 saturated carbocycles. The van der Waals surface area contributed by atoms with E-state index in [-0.39, 0.29) is 16.0 Å². The SMILES string of the molecule is Cn1c2c(c3cc([N+](=O)[O-])ccc31)C(c1ccccc1)=CC2(C)c1ccccc1. The molecule has 0 amide bonds. The van der Waals surface area contributed by atoms with E-state index in [0.717, 1.165) is 33.3 Å². The molecule has 1 atom stereocenters. The van der Waals surface area contributed by atoms with Gasteiger partial charge in [0.15, 0.2) is 0 Å². The van der Waals surface area contributed by atoms with Crippen molar-refractivity contribution >= 4 is 22.2 Å². The van der Waals surface area contributed by atoms with Gasteiger partial charge in [0.25, 0.3) is 5.69 Å². The van der Waals surface area contributed by atoms with Crippen LogP contribution in [0.2, 0.25) is 0 Å². The molecule has 0 bridgehead atoms. The first-order chi connectivity index (χ1) is 14.0. The average molecular weight is 380 g/mol. The van der Waals surface area contributed by atoms with Gasteiger partial charge < -0.3 is 4.57 Å². The van der Waals surface area contributed by atoms with Crippen molar-refractivity contribution in [2.75, 3.05) is 0 Å². The van der Waals surface area contributed by atoms with Gasteiger partial charge in [0.1, 0.15) is 0 Å². The molecule has 0 N–H and O–H groups in total. The van der Waals surface area contributed by atoms with Crippen molar-refractivity contribution in [2.45, 2.75) is 12.3 Å². The van der Waals surface area contributed by atoms with Gasteiger partial charge in [0.2, 0.25) is 0 Å². The van der Waals surface area contributed by atoms with Gasteiger partial charge in [-0.05, 0) is 29.7 Å². The Kier molecular flexibility index (Phi) is 3.71. The van der Waals surface area contributed by atoms with Gasteiger partial charge in [-0.2, -0.15) is 0 Å². The van der Waals surface area contributed by atoms with Gasteiger partial charge in [-0.3, -0.25) is 10.1 Å². The molecule has 4 nitrogen and oxygen atoms in total. The van der Waals surface area contributed by atoms with Crippen LogP contribution in [0, 0.1) is 10.1 Å². The Labute approximate surface area is 168 Å². The van der Waals surface area contributed by atoms with Gasteiger partial charge in [0, 0.05) is 41.3 Å². The fourth-order valence-electron chi connectivity index (χ4n) is 4.71. The highest BCUT2D eigenvalue weighted by molar-refractivity contribution is 6.03. The van der Waals surface area contributed by atoms with E-state index in [0.29, 0.717) is 0 Å². The zero-order valence-corrected chi connectivity index (χ0v) is 16.3. The van der Waals surface area contributed by atoms with E-state index in [4.69, 9.17) is 0 Å². The normalized spacial score (nSPS) is 17.9. The number of allylic oxidation sites excluding steroid dienone is 1. The first kappa shape index (κ1) is 17.4. The average Bonchev–Trinajstić information content (AvgIpc) is 3.23. The quantitative estimate of drug-likeness (QED) is 0.331. The summed E-state index contributed by atoms with van der Waals surface area (Å²) < 4.78 is 2.19. The molecule has 5 rings (SSSR count). The lowest BCUT2D eigenvalue weighted by Crippen LogP contribution is -2.22. The van der Waals surface area contributed by atoms with Crippen LogP contribution in [-0.2, 0) is 12.5 Å². The first-order valence-electron chi connectivity index (χ1n) is 9.62. The molecule has 1 aliphatic carbocycles. The number of benzene rings is 3. The molecule has 3 aromatic carbocycles. The predicted molar refractivity (Wildman–Crippen MR) is 116 cm³/mol. The summed E-state index contributed by atoms with van der Waals surface area (Å²) in [4.78, 5) is 11.1. The molecule has 1 heterocycles. The number of nitrogens with zero attached hydrogens (tertiary/aromatic N) is 2. The molecule has 0 saturated heterocycles. The summed E-state index contributed by atoms with van der Waals surface area (Å²) in [6.07, 6.45) is 2.31. The number of nitro groups is 1. The number of hydrogen-bond donors (Lipinski definition) is 0. The van der Waals surface area contributed by atoms with E-state index in [9.17, 15) is 10.1 Å². The van der Waals surface area contributed by atoms with Gasteiger partial charge in [-0.1, -0.05) is 66.7 Å². The minimum Gasteiger partial charge on any atom is -0.346 e. The number of fused-ring (bicyclic) bond motifs is 3. The minimum absolute atomic E-state index is 0.117. The summed E-state index contributed by atoms with van der Waals surface area (Å²) in [7, 11) is 2.05. The topological polar surface area (TPSA) is 48.1 Å². The molecular formula is C25H20N2O2. The Bertz CT molecular complexity index is 1290. The maximum absolute atomic E-state index is 11.4. The van der Waals surface area contributed by atoms with Crippen molar-refractivity contribution in [3.63, 3.8) is 0 Å². The van der Waals surface area contributed by atoms with Crippen molar-refractivity contribution in [1.29, 1.82) is 0 Å². The van der Waals surface area contributed by atoms with Gasteiger partial charge in [-0.15, -0.1) is 0 Å². The molecule has 0 radical (unpaired) electrons. The number of hydrogen-bond acceptors (Lipinski definition) is 2. The molecule has 1 unspecified atom stereocenters. The molecule has 4 aromatic rings. The molecule has 0 spiro atoms. The molecule has 29 heavy (non-hydrogen) atoms. The monoisotopic (exact) mass is 380 g/mol. The van der Waals surface area contributed by atoms with Crippen LogP contribution < -0.4 is 0 Å². The Morgan fingerprint density at radius 3 is 2.24 bits per heavy atom. The third-order valence-electron chi connectivity index (χ3n) is 6.05. The summed E-state index contributed by atoms with van der Waals surface area (Å²) in [5.74, 6) is 0. The maximum atomic E-state index is 11.4. The minimum atomic E-state index is -0.329. The lowest BCUT2D eigenvalue weighted by molar-refractivity contribution is -0.384. The first-order valence-corrected chi connectivity index (χ1v) is 9.62. The Morgan fingerprint density at radius 2 is 1.59 bits per heavy atom. The van der Waals surface area contributed by atoms with Gasteiger partial charge in [-0.25, -0.2) is 0 Å². The van der Waals surface area contributed by atoms with Crippen LogP contribution in [0.15, 0.2) is 84.9 Å². The highest BCUT2D eigenvalue weighted by Crippen LogP contribution is 2.51. The van der Waals surface area contributed by atoms with E-state index >= 15 is 0 Å². The van der Waals surface area contributed by atoms with Crippen molar-refractivity contribution in [3.05, 3.63) is 117 Å². The van der Waals surface area contributed by atoms with Crippen molar-refractivity contribution in [1.82, 2.24) is 4.57 Å². The Morgan fingerprint density at radius 1 is 0.931 bits per heavy atom. The van der Waals surface area contributed by atoms with Crippen molar-refractivity contribution in [3.8, 4) is 0 Å². The lowest BCUT2D eigenvalue weighted by atomic mass is 9.81. The lowest BCUT2D eigenvalue weighted by Gasteiger charge is -2.25. The Hall–Kier alpha value is -3.66. The Balaban J connectivity index is 1.89. The molecule has 142 valence electrons. The second-order valence-electron chi connectivity index (χ2n) is 7.73. The highest BCUT2D eigenvalue weighted by Gasteiger charge is 2.40. The number of rotatable bonds is 3. The second kappa shape index (κ2) is 6.17. The fourth-order valence-corrected chi connectivity index (χ4v) is 4.71. The zero-order chi connectivity index (χ0) is 20.2. The van der Waals surface area contributed by atoms with Crippen molar-refractivity contribution < 1.29 is 4.92 Å². The van der Waals surface area contributed by atoms with Crippen LogP contribution >= 0.6 is 0 Å². The molecule has 1 aliphatic rings. The van der Waals surface area contributed by atoms with Crippen LogP contribution in [0.5, 0.6) is 0 Å². The molecular weight excluding hydrogens is 360 g/mol. The van der Waals surface area contributed by atoms with E-state index in [1.807, 2.05) is 30.3 Å². The molecule has 1 aromatic heterocycles. The van der Waals surface area contributed by atoms with Crippen LogP contribution in [0.4, 0.5) is 5.69 Å². The van der Waals surface area contributed by atoms with Crippen LogP contribution in [0.1, 0.15) is 29.3 Å². The second-order valence-corrected chi connectivity index (χ2v) is 7.73.